The number of nitro groups is 1. The van der Waals surface area contributed by atoms with Gasteiger partial charge in [-0.3, -0.25) is 10.1 Å². The number of hydrogen-bond acceptors (Lipinski definition) is 9. The van der Waals surface area contributed by atoms with Crippen LogP contribution in [-0.2, 0) is 0 Å². The van der Waals surface area contributed by atoms with Crippen LogP contribution in [0.25, 0.3) is 10.2 Å². The van der Waals surface area contributed by atoms with Gasteiger partial charge >= 0.3 is 5.69 Å². The van der Waals surface area contributed by atoms with E-state index in [1.807, 2.05) is 25.1 Å². The topological polar surface area (TPSA) is 109 Å². The fraction of sp³-hybridized carbons (Fsp3) is 0.421. The summed E-state index contributed by atoms with van der Waals surface area (Å²) in [6, 6.07) is 5.94. The molecule has 0 saturated carbocycles. The molecule has 10 heteroatoms. The molecule has 0 spiro atoms. The molecule has 3 heterocycles. The lowest BCUT2D eigenvalue weighted by atomic mass is 10.1. The van der Waals surface area contributed by atoms with Gasteiger partial charge in [0.2, 0.25) is 11.6 Å². The molecule has 1 saturated heterocycles. The molecule has 0 amide bonds. The molecule has 1 aromatic carbocycles. The third-order valence-corrected chi connectivity index (χ3v) is 5.96. The van der Waals surface area contributed by atoms with Gasteiger partial charge in [-0.1, -0.05) is 29.9 Å². The Kier molecular flexibility index (Phi) is 5.81. The second-order valence-electron chi connectivity index (χ2n) is 7.07. The number of nitrogens with zero attached hydrogens (tertiary/aromatic N) is 5. The van der Waals surface area contributed by atoms with Crippen molar-refractivity contribution in [2.45, 2.75) is 26.2 Å². The van der Waals surface area contributed by atoms with E-state index in [0.29, 0.717) is 11.7 Å². The summed E-state index contributed by atoms with van der Waals surface area (Å²) >= 11 is 1.44. The monoisotopic (exact) mass is 413 g/mol. The Morgan fingerprint density at radius 2 is 2.00 bits per heavy atom. The van der Waals surface area contributed by atoms with Gasteiger partial charge in [0.15, 0.2) is 5.13 Å². The third kappa shape index (κ3) is 4.43. The molecule has 0 aliphatic carbocycles. The first kappa shape index (κ1) is 19.5. The number of aromatic nitrogens is 3. The number of fused-ring (bicyclic) bond motifs is 1. The highest BCUT2D eigenvalue weighted by Gasteiger charge is 2.24. The predicted molar refractivity (Wildman–Crippen MR) is 115 cm³/mol. The van der Waals surface area contributed by atoms with Crippen molar-refractivity contribution < 1.29 is 4.92 Å². The zero-order chi connectivity index (χ0) is 20.2. The summed E-state index contributed by atoms with van der Waals surface area (Å²) in [4.78, 5) is 26.4. The molecule has 29 heavy (non-hydrogen) atoms. The van der Waals surface area contributed by atoms with Crippen LogP contribution in [-0.4, -0.2) is 51.0 Å². The highest BCUT2D eigenvalue weighted by molar-refractivity contribution is 7.22. The summed E-state index contributed by atoms with van der Waals surface area (Å²) in [6.07, 6.45) is 5.03. The first-order chi connectivity index (χ1) is 14.1. The van der Waals surface area contributed by atoms with Gasteiger partial charge < -0.3 is 15.5 Å². The standard InChI is InChI=1S/C19H23N7O2S/c1-13-6-5-7-14-15(13)23-19(29-14)24-18-16(26(27)28)17(21-12-22-18)20-8-11-25-9-3-2-4-10-25/h5-7,12H,2-4,8-11H2,1H3,(H2,20,21,22,23,24). The predicted octanol–water partition coefficient (Wildman–Crippen LogP) is 3.94. The number of thiazole rings is 1. The van der Waals surface area contributed by atoms with Crippen LogP contribution < -0.4 is 10.6 Å². The molecule has 0 bridgehead atoms. The first-order valence-electron chi connectivity index (χ1n) is 9.70. The molecular formula is C19H23N7O2S. The van der Waals surface area contributed by atoms with Crippen molar-refractivity contribution in [2.75, 3.05) is 36.8 Å². The summed E-state index contributed by atoms with van der Waals surface area (Å²) in [6.45, 7) is 5.58. The van der Waals surface area contributed by atoms with Crippen molar-refractivity contribution in [3.8, 4) is 0 Å². The number of para-hydroxylation sites is 1. The molecule has 2 N–H and O–H groups in total. The molecule has 0 radical (unpaired) electrons. The molecule has 0 unspecified atom stereocenters. The smallest absolute Gasteiger partial charge is 0.353 e. The number of nitrogens with one attached hydrogen (secondary N) is 2. The Morgan fingerprint density at radius 1 is 1.21 bits per heavy atom. The molecule has 2 aromatic heterocycles. The zero-order valence-corrected chi connectivity index (χ0v) is 17.0. The largest absolute Gasteiger partial charge is 0.363 e. The summed E-state index contributed by atoms with van der Waals surface area (Å²) in [5, 5.41) is 18.4. The Hall–Kier alpha value is -2.85. The van der Waals surface area contributed by atoms with Gasteiger partial charge in [-0.2, -0.15) is 0 Å². The van der Waals surface area contributed by atoms with E-state index in [9.17, 15) is 10.1 Å². The Labute approximate surface area is 172 Å². The second-order valence-corrected chi connectivity index (χ2v) is 8.10. The fourth-order valence-corrected chi connectivity index (χ4v) is 4.47. The van der Waals surface area contributed by atoms with Gasteiger partial charge in [0.25, 0.3) is 0 Å². The fourth-order valence-electron chi connectivity index (χ4n) is 3.53. The van der Waals surface area contributed by atoms with Crippen molar-refractivity contribution in [3.05, 3.63) is 40.2 Å². The summed E-state index contributed by atoms with van der Waals surface area (Å²) in [5.41, 5.74) is 1.78. The van der Waals surface area contributed by atoms with E-state index in [1.54, 1.807) is 0 Å². The van der Waals surface area contributed by atoms with E-state index >= 15 is 0 Å². The Balaban J connectivity index is 1.52. The van der Waals surface area contributed by atoms with Crippen LogP contribution in [0.3, 0.4) is 0 Å². The van der Waals surface area contributed by atoms with Crippen molar-refractivity contribution >= 4 is 44.0 Å². The van der Waals surface area contributed by atoms with E-state index in [4.69, 9.17) is 0 Å². The van der Waals surface area contributed by atoms with Crippen molar-refractivity contribution in [3.63, 3.8) is 0 Å². The van der Waals surface area contributed by atoms with Gasteiger partial charge in [0.1, 0.15) is 6.33 Å². The quantitative estimate of drug-likeness (QED) is 0.443. The van der Waals surface area contributed by atoms with Gasteiger partial charge in [-0.15, -0.1) is 0 Å². The maximum absolute atomic E-state index is 11.7. The molecule has 1 aliphatic heterocycles. The van der Waals surface area contributed by atoms with E-state index in [-0.39, 0.29) is 17.3 Å². The first-order valence-corrected chi connectivity index (χ1v) is 10.5. The summed E-state index contributed by atoms with van der Waals surface area (Å²) in [7, 11) is 0. The lowest BCUT2D eigenvalue weighted by molar-refractivity contribution is -0.383. The summed E-state index contributed by atoms with van der Waals surface area (Å²) in [5.74, 6) is 0.365. The van der Waals surface area contributed by atoms with E-state index in [1.165, 1.54) is 36.9 Å². The van der Waals surface area contributed by atoms with Crippen LogP contribution in [0.2, 0.25) is 0 Å². The average Bonchev–Trinajstić information content (AvgIpc) is 3.13. The minimum atomic E-state index is -0.454. The van der Waals surface area contributed by atoms with Crippen LogP contribution in [0.15, 0.2) is 24.5 Å². The van der Waals surface area contributed by atoms with Crippen LogP contribution in [0.5, 0.6) is 0 Å². The van der Waals surface area contributed by atoms with Gasteiger partial charge in [-0.05, 0) is 44.5 Å². The van der Waals surface area contributed by atoms with Crippen molar-refractivity contribution in [2.24, 2.45) is 0 Å². The minimum absolute atomic E-state index is 0.141. The molecule has 4 rings (SSSR count). The van der Waals surface area contributed by atoms with Crippen LogP contribution in [0.4, 0.5) is 22.5 Å². The number of anilines is 3. The van der Waals surface area contributed by atoms with Gasteiger partial charge in [0.05, 0.1) is 15.1 Å². The zero-order valence-electron chi connectivity index (χ0n) is 16.2. The number of rotatable bonds is 7. The number of aryl methyl sites for hydroxylation is 1. The molecular weight excluding hydrogens is 390 g/mol. The number of benzene rings is 1. The number of piperidine rings is 1. The van der Waals surface area contributed by atoms with Crippen molar-refractivity contribution in [1.29, 1.82) is 0 Å². The van der Waals surface area contributed by atoms with E-state index < -0.39 is 4.92 Å². The van der Waals surface area contributed by atoms with Gasteiger partial charge in [-0.25, -0.2) is 15.0 Å². The molecule has 3 aromatic rings. The highest BCUT2D eigenvalue weighted by atomic mass is 32.1. The lowest BCUT2D eigenvalue weighted by Crippen LogP contribution is -2.33. The normalized spacial score (nSPS) is 14.8. The molecule has 0 atom stereocenters. The summed E-state index contributed by atoms with van der Waals surface area (Å²) < 4.78 is 1.02. The van der Waals surface area contributed by atoms with Crippen LogP contribution in [0.1, 0.15) is 24.8 Å². The molecule has 9 nitrogen and oxygen atoms in total. The second kappa shape index (κ2) is 8.66. The molecule has 1 aliphatic rings. The number of likely N-dealkylation sites (tertiary alicyclic amines) is 1. The maximum Gasteiger partial charge on any atom is 0.353 e. The third-order valence-electron chi connectivity index (χ3n) is 5.02. The van der Waals surface area contributed by atoms with Crippen molar-refractivity contribution in [1.82, 2.24) is 19.9 Å². The highest BCUT2D eigenvalue weighted by Crippen LogP contribution is 2.34. The van der Waals surface area contributed by atoms with Crippen LogP contribution >= 0.6 is 11.3 Å². The van der Waals surface area contributed by atoms with Crippen LogP contribution in [0, 0.1) is 17.0 Å². The Morgan fingerprint density at radius 3 is 2.76 bits per heavy atom. The lowest BCUT2D eigenvalue weighted by Gasteiger charge is -2.26. The number of hydrogen-bond donors (Lipinski definition) is 2. The van der Waals surface area contributed by atoms with E-state index in [0.717, 1.165) is 35.4 Å². The SMILES string of the molecule is Cc1cccc2sc(Nc3ncnc(NCCN4CCCCC4)c3[N+](=O)[O-])nc12. The molecule has 1 fully saturated rings. The van der Waals surface area contributed by atoms with Gasteiger partial charge in [0, 0.05) is 13.1 Å². The Bertz CT molecular complexity index is 1020. The molecule has 152 valence electrons. The maximum atomic E-state index is 11.7. The minimum Gasteiger partial charge on any atom is -0.363 e. The van der Waals surface area contributed by atoms with E-state index in [2.05, 4.69) is 30.5 Å². The average molecular weight is 414 g/mol.